The fourth-order valence-electron chi connectivity index (χ4n) is 4.63. The van der Waals surface area contributed by atoms with E-state index in [1.54, 1.807) is 7.05 Å². The maximum absolute atomic E-state index is 13.2. The molecule has 1 aromatic rings. The van der Waals surface area contributed by atoms with Crippen molar-refractivity contribution in [2.75, 3.05) is 26.7 Å². The second-order valence-corrected chi connectivity index (χ2v) is 8.00. The summed E-state index contributed by atoms with van der Waals surface area (Å²) in [5.41, 5.74) is 2.82. The van der Waals surface area contributed by atoms with Gasteiger partial charge in [0.25, 0.3) is 0 Å². The van der Waals surface area contributed by atoms with Gasteiger partial charge in [-0.1, -0.05) is 30.4 Å². The fraction of sp³-hybridized carbons (Fsp3) is 0.524. The molecule has 3 aliphatic rings. The van der Waals surface area contributed by atoms with E-state index in [1.165, 1.54) is 16.0 Å². The number of aliphatic hydroxyl groups excluding tert-OH is 1. The highest BCUT2D eigenvalue weighted by molar-refractivity contribution is 5.93. The van der Waals surface area contributed by atoms with E-state index in [-0.39, 0.29) is 31.1 Å². The van der Waals surface area contributed by atoms with Crippen molar-refractivity contribution < 1.29 is 19.4 Å². The van der Waals surface area contributed by atoms with Crippen LogP contribution >= 0.6 is 0 Å². The summed E-state index contributed by atoms with van der Waals surface area (Å²) in [6.07, 6.45) is 3.53. The Hall–Kier alpha value is -2.18. The molecule has 0 aliphatic carbocycles. The molecule has 0 unspecified atom stereocenters. The molecule has 144 valence electrons. The molecule has 0 saturated carbocycles. The first kappa shape index (κ1) is 18.2. The molecule has 2 amide bonds. The van der Waals surface area contributed by atoms with Gasteiger partial charge in [0, 0.05) is 20.1 Å². The highest BCUT2D eigenvalue weighted by Crippen LogP contribution is 2.52. The van der Waals surface area contributed by atoms with Crippen LogP contribution in [0.15, 0.2) is 30.4 Å². The third kappa shape index (κ3) is 2.78. The second kappa shape index (κ2) is 6.46. The zero-order valence-electron chi connectivity index (χ0n) is 16.0. The number of fused-ring (bicyclic) bond motifs is 1. The average molecular weight is 370 g/mol. The SMILES string of the molecule is Cc1ccc(CN2C[C@]34C=C[C@H](O3)[C@@H](C(=O)N(C)CCO)[C@@H]4C2=O)cc1C. The van der Waals surface area contributed by atoms with Crippen LogP contribution in [0.5, 0.6) is 0 Å². The minimum absolute atomic E-state index is 0.0178. The molecule has 2 fully saturated rings. The Labute approximate surface area is 159 Å². The zero-order chi connectivity index (χ0) is 19.3. The third-order valence-corrected chi connectivity index (χ3v) is 6.22. The number of rotatable bonds is 5. The lowest BCUT2D eigenvalue weighted by Gasteiger charge is -2.27. The standard InChI is InChI=1S/C21H26N2O4/c1-13-4-5-15(10-14(13)2)11-23-12-21-7-6-16(27-21)17(18(21)20(23)26)19(25)22(3)8-9-24/h4-7,10,16-18,24H,8-9,11-12H2,1-3H3/t16-,17+,18+,21-/m0/s1. The van der Waals surface area contributed by atoms with Crippen molar-refractivity contribution >= 4 is 11.8 Å². The van der Waals surface area contributed by atoms with Crippen molar-refractivity contribution in [3.05, 3.63) is 47.0 Å². The Morgan fingerprint density at radius 1 is 1.37 bits per heavy atom. The summed E-state index contributed by atoms with van der Waals surface area (Å²) in [4.78, 5) is 29.4. The Kier molecular flexibility index (Phi) is 4.35. The molecule has 6 heteroatoms. The van der Waals surface area contributed by atoms with E-state index < -0.39 is 17.4 Å². The van der Waals surface area contributed by atoms with E-state index in [0.717, 1.165) is 5.56 Å². The van der Waals surface area contributed by atoms with E-state index in [9.17, 15) is 9.59 Å². The number of ether oxygens (including phenoxy) is 1. The van der Waals surface area contributed by atoms with Crippen LogP contribution < -0.4 is 0 Å². The molecule has 4 atom stereocenters. The first-order valence-electron chi connectivity index (χ1n) is 9.44. The lowest BCUT2D eigenvalue weighted by molar-refractivity contribution is -0.142. The molecule has 27 heavy (non-hydrogen) atoms. The molecule has 3 aliphatic heterocycles. The van der Waals surface area contributed by atoms with Crippen molar-refractivity contribution in [2.24, 2.45) is 11.8 Å². The largest absolute Gasteiger partial charge is 0.395 e. The Balaban J connectivity index is 1.57. The minimum Gasteiger partial charge on any atom is -0.395 e. The normalized spacial score (nSPS) is 30.9. The summed E-state index contributed by atoms with van der Waals surface area (Å²) in [5.74, 6) is -1.14. The summed E-state index contributed by atoms with van der Waals surface area (Å²) >= 11 is 0. The molecule has 2 saturated heterocycles. The molecule has 3 heterocycles. The van der Waals surface area contributed by atoms with Gasteiger partial charge in [0.2, 0.25) is 11.8 Å². The highest BCUT2D eigenvalue weighted by atomic mass is 16.5. The van der Waals surface area contributed by atoms with Gasteiger partial charge in [-0.05, 0) is 30.5 Å². The number of hydrogen-bond donors (Lipinski definition) is 1. The van der Waals surface area contributed by atoms with Crippen LogP contribution in [0.1, 0.15) is 16.7 Å². The summed E-state index contributed by atoms with van der Waals surface area (Å²) in [5, 5.41) is 9.13. The quantitative estimate of drug-likeness (QED) is 0.786. The van der Waals surface area contributed by atoms with Gasteiger partial charge in [0.15, 0.2) is 0 Å². The van der Waals surface area contributed by atoms with E-state index in [1.807, 2.05) is 23.1 Å². The number of amides is 2. The third-order valence-electron chi connectivity index (χ3n) is 6.22. The van der Waals surface area contributed by atoms with Crippen molar-refractivity contribution in [1.29, 1.82) is 0 Å². The topological polar surface area (TPSA) is 70.1 Å². The summed E-state index contributed by atoms with van der Waals surface area (Å²) in [6, 6.07) is 6.23. The summed E-state index contributed by atoms with van der Waals surface area (Å²) in [6.45, 7) is 5.29. The number of hydrogen-bond acceptors (Lipinski definition) is 4. The summed E-state index contributed by atoms with van der Waals surface area (Å²) < 4.78 is 6.14. The van der Waals surface area contributed by atoms with Crippen LogP contribution in [0.25, 0.3) is 0 Å². The number of nitrogens with zero attached hydrogens (tertiary/aromatic N) is 2. The van der Waals surface area contributed by atoms with Gasteiger partial charge in [0.1, 0.15) is 5.60 Å². The molecule has 4 rings (SSSR count). The molecule has 1 N–H and O–H groups in total. The lowest BCUT2D eigenvalue weighted by Crippen LogP contribution is -2.45. The number of carbonyl (C=O) groups excluding carboxylic acids is 2. The molecular weight excluding hydrogens is 344 g/mol. The molecule has 1 aromatic carbocycles. The second-order valence-electron chi connectivity index (χ2n) is 8.00. The Morgan fingerprint density at radius 2 is 2.15 bits per heavy atom. The van der Waals surface area contributed by atoms with E-state index in [0.29, 0.717) is 13.1 Å². The smallest absolute Gasteiger partial charge is 0.230 e. The molecule has 6 nitrogen and oxygen atoms in total. The Bertz CT molecular complexity index is 820. The number of benzene rings is 1. The minimum atomic E-state index is -0.693. The molecule has 2 bridgehead atoms. The number of likely N-dealkylation sites (N-methyl/N-ethyl adjacent to an activating group) is 1. The maximum Gasteiger partial charge on any atom is 0.230 e. The predicted molar refractivity (Wildman–Crippen MR) is 99.8 cm³/mol. The fourth-order valence-corrected chi connectivity index (χ4v) is 4.63. The molecule has 0 radical (unpaired) electrons. The molecular formula is C21H26N2O4. The van der Waals surface area contributed by atoms with E-state index in [2.05, 4.69) is 26.0 Å². The van der Waals surface area contributed by atoms with Crippen LogP contribution in [0.4, 0.5) is 0 Å². The molecule has 1 spiro atoms. The number of aryl methyl sites for hydroxylation is 2. The summed E-state index contributed by atoms with van der Waals surface area (Å²) in [7, 11) is 1.66. The van der Waals surface area contributed by atoms with Crippen LogP contribution in [-0.2, 0) is 20.9 Å². The number of carbonyl (C=O) groups is 2. The number of likely N-dealkylation sites (tertiary alicyclic amines) is 1. The number of aliphatic hydroxyl groups is 1. The predicted octanol–water partition coefficient (Wildman–Crippen LogP) is 1.04. The Morgan fingerprint density at radius 3 is 2.85 bits per heavy atom. The van der Waals surface area contributed by atoms with Gasteiger partial charge in [-0.2, -0.15) is 0 Å². The first-order valence-corrected chi connectivity index (χ1v) is 9.44. The first-order chi connectivity index (χ1) is 12.9. The van der Waals surface area contributed by atoms with Crippen LogP contribution in [0.2, 0.25) is 0 Å². The van der Waals surface area contributed by atoms with Gasteiger partial charge >= 0.3 is 0 Å². The van der Waals surface area contributed by atoms with Crippen LogP contribution in [-0.4, -0.2) is 65.2 Å². The van der Waals surface area contributed by atoms with Crippen LogP contribution in [0.3, 0.4) is 0 Å². The zero-order valence-corrected chi connectivity index (χ0v) is 16.0. The van der Waals surface area contributed by atoms with E-state index >= 15 is 0 Å². The van der Waals surface area contributed by atoms with Gasteiger partial charge < -0.3 is 19.6 Å². The van der Waals surface area contributed by atoms with E-state index in [4.69, 9.17) is 9.84 Å². The lowest BCUT2D eigenvalue weighted by atomic mass is 9.76. The average Bonchev–Trinajstić information content (AvgIpc) is 3.26. The molecule has 0 aromatic heterocycles. The van der Waals surface area contributed by atoms with Gasteiger partial charge in [-0.15, -0.1) is 0 Å². The highest BCUT2D eigenvalue weighted by Gasteiger charge is 2.67. The monoisotopic (exact) mass is 370 g/mol. The van der Waals surface area contributed by atoms with Crippen LogP contribution in [0, 0.1) is 25.7 Å². The van der Waals surface area contributed by atoms with Gasteiger partial charge in [-0.3, -0.25) is 9.59 Å². The van der Waals surface area contributed by atoms with Crippen molar-refractivity contribution in [3.63, 3.8) is 0 Å². The van der Waals surface area contributed by atoms with Gasteiger partial charge in [-0.25, -0.2) is 0 Å². The van der Waals surface area contributed by atoms with Gasteiger partial charge in [0.05, 0.1) is 31.1 Å². The van der Waals surface area contributed by atoms with Crippen molar-refractivity contribution in [2.45, 2.75) is 32.1 Å². The van der Waals surface area contributed by atoms with Crippen molar-refractivity contribution in [1.82, 2.24) is 9.80 Å². The maximum atomic E-state index is 13.2. The van der Waals surface area contributed by atoms with Crippen molar-refractivity contribution in [3.8, 4) is 0 Å².